The highest BCUT2D eigenvalue weighted by molar-refractivity contribution is 5.74. The third kappa shape index (κ3) is 2.34. The molecule has 0 bridgehead atoms. The van der Waals surface area contributed by atoms with Gasteiger partial charge >= 0.3 is 0 Å². The Morgan fingerprint density at radius 2 is 1.87 bits per heavy atom. The Kier molecular flexibility index (Phi) is 4.07. The van der Waals surface area contributed by atoms with Gasteiger partial charge in [0.25, 0.3) is 0 Å². The molecule has 2 fully saturated rings. The molecule has 3 aliphatic rings. The molecule has 0 unspecified atom stereocenters. The Bertz CT molecular complexity index is 535. The molecule has 3 aliphatic carbocycles. The third-order valence-electron chi connectivity index (χ3n) is 7.62. The van der Waals surface area contributed by atoms with E-state index >= 15 is 0 Å². The van der Waals surface area contributed by atoms with Gasteiger partial charge in [-0.25, -0.2) is 0 Å². The Balaban J connectivity index is 2.08. The second-order valence-electron chi connectivity index (χ2n) is 9.07. The molecule has 0 aliphatic heterocycles. The minimum Gasteiger partial charge on any atom is -0.392 e. The van der Waals surface area contributed by atoms with Crippen LogP contribution < -0.4 is 0 Å². The van der Waals surface area contributed by atoms with E-state index in [2.05, 4.69) is 20.8 Å². The highest BCUT2D eigenvalue weighted by Gasteiger charge is 2.61. The first-order valence-corrected chi connectivity index (χ1v) is 9.09. The summed E-state index contributed by atoms with van der Waals surface area (Å²) in [5.74, 6) is 0.721. The Morgan fingerprint density at radius 3 is 2.52 bits per heavy atom. The van der Waals surface area contributed by atoms with Gasteiger partial charge in [0, 0.05) is 6.42 Å². The Labute approximate surface area is 139 Å². The van der Waals surface area contributed by atoms with Gasteiger partial charge in [0.1, 0.15) is 12.6 Å². The van der Waals surface area contributed by atoms with E-state index in [0.29, 0.717) is 17.9 Å². The van der Waals surface area contributed by atoms with Gasteiger partial charge in [0.05, 0.1) is 11.5 Å². The molecule has 1 N–H and O–H groups in total. The van der Waals surface area contributed by atoms with Gasteiger partial charge in [0.2, 0.25) is 0 Å². The van der Waals surface area contributed by atoms with Crippen LogP contribution in [0, 0.1) is 28.1 Å². The van der Waals surface area contributed by atoms with E-state index in [0.717, 1.165) is 38.3 Å². The predicted molar refractivity (Wildman–Crippen MR) is 89.8 cm³/mol. The molecule has 23 heavy (non-hydrogen) atoms. The summed E-state index contributed by atoms with van der Waals surface area (Å²) in [7, 11) is 0. The number of aliphatic hydroxyl groups is 1. The third-order valence-corrected chi connectivity index (χ3v) is 7.62. The summed E-state index contributed by atoms with van der Waals surface area (Å²) in [6, 6.07) is 0. The summed E-state index contributed by atoms with van der Waals surface area (Å²) in [5, 5.41) is 10.8. The molecule has 0 saturated heterocycles. The van der Waals surface area contributed by atoms with Gasteiger partial charge in [-0.3, -0.25) is 4.79 Å². The lowest BCUT2D eigenvalue weighted by Crippen LogP contribution is -2.59. The molecular formula is C20H30O3. The summed E-state index contributed by atoms with van der Waals surface area (Å²) in [6.45, 7) is 7.07. The largest absolute Gasteiger partial charge is 0.392 e. The summed E-state index contributed by atoms with van der Waals surface area (Å²) in [5.41, 5.74) is 0.330. The molecule has 0 spiro atoms. The molecule has 0 heterocycles. The smallest absolute Gasteiger partial charge is 0.145 e. The van der Waals surface area contributed by atoms with Crippen LogP contribution >= 0.6 is 0 Å². The van der Waals surface area contributed by atoms with E-state index in [1.165, 1.54) is 12.8 Å². The summed E-state index contributed by atoms with van der Waals surface area (Å²) in [6.07, 6.45) is 9.52. The normalized spacial score (nSPS) is 45.9. The predicted octanol–water partition coefficient (Wildman–Crippen LogP) is 3.69. The Hall–Kier alpha value is -0.960. The minimum absolute atomic E-state index is 0.0662. The first kappa shape index (κ1) is 16.9. The van der Waals surface area contributed by atoms with Crippen LogP contribution in [-0.4, -0.2) is 23.8 Å². The molecule has 0 radical (unpaired) electrons. The van der Waals surface area contributed by atoms with E-state index < -0.39 is 11.5 Å². The van der Waals surface area contributed by atoms with Crippen LogP contribution in [0.15, 0.2) is 11.6 Å². The first-order valence-electron chi connectivity index (χ1n) is 9.09. The van der Waals surface area contributed by atoms with E-state index in [1.54, 1.807) is 0 Å². The molecule has 128 valence electrons. The van der Waals surface area contributed by atoms with Crippen molar-refractivity contribution in [2.45, 2.75) is 71.8 Å². The van der Waals surface area contributed by atoms with Crippen LogP contribution in [0.4, 0.5) is 0 Å². The maximum Gasteiger partial charge on any atom is 0.145 e. The number of hydrogen-bond donors (Lipinski definition) is 1. The zero-order chi connectivity index (χ0) is 16.9. The van der Waals surface area contributed by atoms with Crippen molar-refractivity contribution in [1.82, 2.24) is 0 Å². The molecule has 0 aromatic heterocycles. The van der Waals surface area contributed by atoms with Gasteiger partial charge in [-0.05, 0) is 60.3 Å². The van der Waals surface area contributed by atoms with Crippen molar-refractivity contribution in [3.63, 3.8) is 0 Å². The van der Waals surface area contributed by atoms with E-state index in [9.17, 15) is 14.7 Å². The number of allylic oxidation sites excluding steroid dienone is 1. The number of aliphatic hydroxyl groups excluding tert-OH is 1. The SMILES string of the molecule is CC1(C)CCC[C@]2(C)[C@@H]1CC[C@@]1(C=O)[C@@H]2CC=C(C=O)C[C@@H]1O. The molecular weight excluding hydrogens is 288 g/mol. The number of carbonyl (C=O) groups excluding carboxylic acids is 2. The van der Waals surface area contributed by atoms with E-state index in [1.807, 2.05) is 6.08 Å². The number of carbonyl (C=O) groups is 2. The van der Waals surface area contributed by atoms with E-state index in [-0.39, 0.29) is 16.7 Å². The number of rotatable bonds is 2. The maximum absolute atomic E-state index is 12.2. The summed E-state index contributed by atoms with van der Waals surface area (Å²) in [4.78, 5) is 23.4. The van der Waals surface area contributed by atoms with Gasteiger partial charge in [-0.2, -0.15) is 0 Å². The fraction of sp³-hybridized carbons (Fsp3) is 0.800. The van der Waals surface area contributed by atoms with Crippen molar-refractivity contribution >= 4 is 12.6 Å². The first-order chi connectivity index (χ1) is 10.8. The van der Waals surface area contributed by atoms with Gasteiger partial charge in [-0.15, -0.1) is 0 Å². The van der Waals surface area contributed by atoms with E-state index in [4.69, 9.17) is 0 Å². The summed E-state index contributed by atoms with van der Waals surface area (Å²) < 4.78 is 0. The van der Waals surface area contributed by atoms with Crippen molar-refractivity contribution in [3.8, 4) is 0 Å². The van der Waals surface area contributed by atoms with Crippen LogP contribution in [0.3, 0.4) is 0 Å². The highest BCUT2D eigenvalue weighted by Crippen LogP contribution is 2.66. The van der Waals surface area contributed by atoms with Crippen molar-refractivity contribution in [1.29, 1.82) is 0 Å². The van der Waals surface area contributed by atoms with Gasteiger partial charge < -0.3 is 9.90 Å². The fourth-order valence-corrected chi connectivity index (χ4v) is 6.46. The average molecular weight is 318 g/mol. The lowest BCUT2D eigenvalue weighted by atomic mass is 9.42. The molecule has 0 aromatic carbocycles. The maximum atomic E-state index is 12.2. The lowest BCUT2D eigenvalue weighted by Gasteiger charge is -2.62. The molecule has 3 rings (SSSR count). The molecule has 2 saturated carbocycles. The van der Waals surface area contributed by atoms with Crippen molar-refractivity contribution in [2.24, 2.45) is 28.1 Å². The second-order valence-corrected chi connectivity index (χ2v) is 9.07. The molecule has 5 atom stereocenters. The summed E-state index contributed by atoms with van der Waals surface area (Å²) >= 11 is 0. The average Bonchev–Trinajstić information content (AvgIpc) is 2.64. The molecule has 3 nitrogen and oxygen atoms in total. The Morgan fingerprint density at radius 1 is 1.13 bits per heavy atom. The number of aldehydes is 2. The molecule has 3 heteroatoms. The minimum atomic E-state index is -0.730. The van der Waals surface area contributed by atoms with Crippen LogP contribution in [0.25, 0.3) is 0 Å². The van der Waals surface area contributed by atoms with Gasteiger partial charge in [-0.1, -0.05) is 33.3 Å². The topological polar surface area (TPSA) is 54.4 Å². The second kappa shape index (κ2) is 5.54. The standard InChI is InChI=1S/C20H30O3/c1-18(2)8-4-9-19(3)15(18)7-10-20(13-22)16(19)6-5-14(12-21)11-17(20)23/h5,12-13,15-17,23H,4,6-11H2,1-3H3/t15-,16-,17+,19-,20-/m1/s1. The van der Waals surface area contributed by atoms with Crippen LogP contribution in [-0.2, 0) is 9.59 Å². The number of fused-ring (bicyclic) bond motifs is 3. The molecule has 0 aromatic rings. The zero-order valence-corrected chi connectivity index (χ0v) is 14.7. The van der Waals surface area contributed by atoms with Crippen molar-refractivity contribution in [2.75, 3.05) is 0 Å². The monoisotopic (exact) mass is 318 g/mol. The van der Waals surface area contributed by atoms with Crippen molar-refractivity contribution < 1.29 is 14.7 Å². The fourth-order valence-electron chi connectivity index (χ4n) is 6.46. The molecule has 0 amide bonds. The van der Waals surface area contributed by atoms with Crippen LogP contribution in [0.2, 0.25) is 0 Å². The highest BCUT2D eigenvalue weighted by atomic mass is 16.3. The van der Waals surface area contributed by atoms with Gasteiger partial charge in [0.15, 0.2) is 0 Å². The number of hydrogen-bond acceptors (Lipinski definition) is 3. The van der Waals surface area contributed by atoms with Crippen LogP contribution in [0.5, 0.6) is 0 Å². The van der Waals surface area contributed by atoms with Crippen molar-refractivity contribution in [3.05, 3.63) is 11.6 Å². The lowest BCUT2D eigenvalue weighted by molar-refractivity contribution is -0.170. The zero-order valence-electron chi connectivity index (χ0n) is 14.7. The van der Waals surface area contributed by atoms with Crippen LogP contribution in [0.1, 0.15) is 65.7 Å². The quantitative estimate of drug-likeness (QED) is 0.790.